The number of aryl methyl sites for hydroxylation is 1. The van der Waals surface area contributed by atoms with Crippen LogP contribution < -0.4 is 0 Å². The minimum Gasteiger partial charge on any atom is -0.460 e. The molecule has 0 heterocycles. The summed E-state index contributed by atoms with van der Waals surface area (Å²) in [6, 6.07) is 7.96. The van der Waals surface area contributed by atoms with Crippen molar-refractivity contribution < 1.29 is 14.3 Å². The highest BCUT2D eigenvalue weighted by molar-refractivity contribution is 5.81. The zero-order valence-electron chi connectivity index (χ0n) is 13.6. The van der Waals surface area contributed by atoms with Gasteiger partial charge in [-0.05, 0) is 38.8 Å². The molecule has 0 saturated carbocycles. The Labute approximate surface area is 127 Å². The zero-order chi connectivity index (χ0) is 16.0. The van der Waals surface area contributed by atoms with Gasteiger partial charge >= 0.3 is 5.97 Å². The Balaban J connectivity index is 2.45. The van der Waals surface area contributed by atoms with E-state index in [1.807, 2.05) is 52.0 Å². The van der Waals surface area contributed by atoms with Crippen molar-refractivity contribution in [3.63, 3.8) is 0 Å². The van der Waals surface area contributed by atoms with Crippen LogP contribution in [0, 0.1) is 6.92 Å². The standard InChI is InChI=1S/C17H25NO3/c1-13-8-6-7-9-14(13)12-18(5)15(19)10-11-16(20)21-17(2,3)4/h6-9H,10-12H2,1-5H3. The van der Waals surface area contributed by atoms with Crippen LogP contribution in [-0.4, -0.2) is 29.4 Å². The number of hydrogen-bond acceptors (Lipinski definition) is 3. The molecule has 116 valence electrons. The Morgan fingerprint density at radius 2 is 1.76 bits per heavy atom. The molecule has 0 aliphatic heterocycles. The molecule has 21 heavy (non-hydrogen) atoms. The lowest BCUT2D eigenvalue weighted by Crippen LogP contribution is -2.28. The molecule has 1 aromatic carbocycles. The van der Waals surface area contributed by atoms with Crippen LogP contribution in [0.15, 0.2) is 24.3 Å². The quantitative estimate of drug-likeness (QED) is 0.783. The van der Waals surface area contributed by atoms with Crippen molar-refractivity contribution in [2.45, 2.75) is 52.7 Å². The van der Waals surface area contributed by atoms with E-state index in [0.29, 0.717) is 6.54 Å². The summed E-state index contributed by atoms with van der Waals surface area (Å²) in [4.78, 5) is 25.3. The first-order valence-electron chi connectivity index (χ1n) is 7.19. The van der Waals surface area contributed by atoms with Crippen LogP contribution in [-0.2, 0) is 20.9 Å². The average molecular weight is 291 g/mol. The Morgan fingerprint density at radius 1 is 1.14 bits per heavy atom. The average Bonchev–Trinajstić information content (AvgIpc) is 2.36. The lowest BCUT2D eigenvalue weighted by molar-refractivity contribution is -0.156. The van der Waals surface area contributed by atoms with Gasteiger partial charge in [0.05, 0.1) is 6.42 Å². The summed E-state index contributed by atoms with van der Waals surface area (Å²) in [6.45, 7) is 8.03. The minimum absolute atomic E-state index is 0.0517. The van der Waals surface area contributed by atoms with Crippen molar-refractivity contribution in [2.24, 2.45) is 0 Å². The van der Waals surface area contributed by atoms with Crippen molar-refractivity contribution in [1.29, 1.82) is 0 Å². The highest BCUT2D eigenvalue weighted by Gasteiger charge is 2.18. The molecule has 0 saturated heterocycles. The number of carbonyl (C=O) groups excluding carboxylic acids is 2. The van der Waals surface area contributed by atoms with E-state index in [1.54, 1.807) is 11.9 Å². The topological polar surface area (TPSA) is 46.6 Å². The molecule has 0 bridgehead atoms. The van der Waals surface area contributed by atoms with Gasteiger partial charge in [0.2, 0.25) is 5.91 Å². The zero-order valence-corrected chi connectivity index (χ0v) is 13.6. The second-order valence-electron chi connectivity index (χ2n) is 6.26. The van der Waals surface area contributed by atoms with E-state index in [0.717, 1.165) is 11.1 Å². The van der Waals surface area contributed by atoms with Crippen molar-refractivity contribution >= 4 is 11.9 Å². The summed E-state index contributed by atoms with van der Waals surface area (Å²) in [5.41, 5.74) is 1.77. The lowest BCUT2D eigenvalue weighted by atomic mass is 10.1. The van der Waals surface area contributed by atoms with Gasteiger partial charge in [-0.1, -0.05) is 24.3 Å². The normalized spacial score (nSPS) is 11.1. The number of nitrogens with zero attached hydrogens (tertiary/aromatic N) is 1. The lowest BCUT2D eigenvalue weighted by Gasteiger charge is -2.21. The maximum absolute atomic E-state index is 12.0. The molecule has 0 aliphatic carbocycles. The molecule has 0 fully saturated rings. The Bertz CT molecular complexity index is 503. The molecule has 0 unspecified atom stereocenters. The van der Waals surface area contributed by atoms with Gasteiger partial charge in [0.25, 0.3) is 0 Å². The van der Waals surface area contributed by atoms with E-state index in [2.05, 4.69) is 0 Å². The van der Waals surface area contributed by atoms with Gasteiger partial charge in [-0.3, -0.25) is 9.59 Å². The van der Waals surface area contributed by atoms with Crippen LogP contribution in [0.3, 0.4) is 0 Å². The first-order valence-corrected chi connectivity index (χ1v) is 7.19. The third-order valence-corrected chi connectivity index (χ3v) is 3.06. The summed E-state index contributed by atoms with van der Waals surface area (Å²) < 4.78 is 5.20. The van der Waals surface area contributed by atoms with Crippen LogP contribution in [0.2, 0.25) is 0 Å². The fourth-order valence-corrected chi connectivity index (χ4v) is 1.92. The molecule has 1 aromatic rings. The molecular formula is C17H25NO3. The number of hydrogen-bond donors (Lipinski definition) is 0. The van der Waals surface area contributed by atoms with Crippen LogP contribution in [0.25, 0.3) is 0 Å². The molecule has 4 heteroatoms. The van der Waals surface area contributed by atoms with Gasteiger partial charge in [0.1, 0.15) is 5.60 Å². The number of carbonyl (C=O) groups is 2. The van der Waals surface area contributed by atoms with Crippen molar-refractivity contribution in [3.05, 3.63) is 35.4 Å². The smallest absolute Gasteiger partial charge is 0.306 e. The predicted molar refractivity (Wildman–Crippen MR) is 82.7 cm³/mol. The third kappa shape index (κ3) is 6.43. The SMILES string of the molecule is Cc1ccccc1CN(C)C(=O)CCC(=O)OC(C)(C)C. The largest absolute Gasteiger partial charge is 0.460 e. The van der Waals surface area contributed by atoms with E-state index in [4.69, 9.17) is 4.74 Å². The number of esters is 1. The third-order valence-electron chi connectivity index (χ3n) is 3.06. The van der Waals surface area contributed by atoms with Gasteiger partial charge in [0, 0.05) is 20.0 Å². The van der Waals surface area contributed by atoms with E-state index in [-0.39, 0.29) is 24.7 Å². The maximum atomic E-state index is 12.0. The summed E-state index contributed by atoms with van der Waals surface area (Å²) in [6.07, 6.45) is 0.297. The minimum atomic E-state index is -0.507. The fourth-order valence-electron chi connectivity index (χ4n) is 1.92. The molecule has 0 atom stereocenters. The fraction of sp³-hybridized carbons (Fsp3) is 0.529. The first-order chi connectivity index (χ1) is 9.69. The monoisotopic (exact) mass is 291 g/mol. The molecule has 0 spiro atoms. The summed E-state index contributed by atoms with van der Waals surface area (Å²) in [7, 11) is 1.75. The van der Waals surface area contributed by atoms with Gasteiger partial charge in [0.15, 0.2) is 0 Å². The van der Waals surface area contributed by atoms with Gasteiger partial charge in [-0.15, -0.1) is 0 Å². The van der Waals surface area contributed by atoms with Crippen molar-refractivity contribution in [2.75, 3.05) is 7.05 Å². The van der Waals surface area contributed by atoms with Gasteiger partial charge < -0.3 is 9.64 Å². The Hall–Kier alpha value is -1.84. The Kier molecular flexibility index (Phi) is 5.94. The van der Waals surface area contributed by atoms with Crippen LogP contribution >= 0.6 is 0 Å². The van der Waals surface area contributed by atoms with Crippen LogP contribution in [0.1, 0.15) is 44.7 Å². The van der Waals surface area contributed by atoms with E-state index in [1.165, 1.54) is 0 Å². The number of rotatable bonds is 5. The molecule has 0 aliphatic rings. The highest BCUT2D eigenvalue weighted by Crippen LogP contribution is 2.12. The maximum Gasteiger partial charge on any atom is 0.306 e. The van der Waals surface area contributed by atoms with Gasteiger partial charge in [-0.25, -0.2) is 0 Å². The van der Waals surface area contributed by atoms with E-state index in [9.17, 15) is 9.59 Å². The van der Waals surface area contributed by atoms with Crippen LogP contribution in [0.4, 0.5) is 0 Å². The van der Waals surface area contributed by atoms with E-state index >= 15 is 0 Å². The molecule has 1 rings (SSSR count). The number of ether oxygens (including phenoxy) is 1. The molecular weight excluding hydrogens is 266 g/mol. The van der Waals surface area contributed by atoms with Crippen molar-refractivity contribution in [3.8, 4) is 0 Å². The molecule has 0 N–H and O–H groups in total. The molecule has 0 aromatic heterocycles. The first kappa shape index (κ1) is 17.2. The molecule has 0 radical (unpaired) electrons. The second-order valence-corrected chi connectivity index (χ2v) is 6.26. The Morgan fingerprint density at radius 3 is 2.33 bits per heavy atom. The second kappa shape index (κ2) is 7.25. The van der Waals surface area contributed by atoms with Crippen molar-refractivity contribution in [1.82, 2.24) is 4.90 Å². The molecule has 1 amide bonds. The summed E-state index contributed by atoms with van der Waals surface area (Å²) >= 11 is 0. The molecule has 4 nitrogen and oxygen atoms in total. The van der Waals surface area contributed by atoms with Crippen LogP contribution in [0.5, 0.6) is 0 Å². The highest BCUT2D eigenvalue weighted by atomic mass is 16.6. The predicted octanol–water partition coefficient (Wildman–Crippen LogP) is 3.08. The van der Waals surface area contributed by atoms with E-state index < -0.39 is 5.60 Å². The number of benzene rings is 1. The number of amides is 1. The summed E-state index contributed by atoms with van der Waals surface area (Å²) in [5.74, 6) is -0.385. The summed E-state index contributed by atoms with van der Waals surface area (Å²) in [5, 5.41) is 0. The van der Waals surface area contributed by atoms with Gasteiger partial charge in [-0.2, -0.15) is 0 Å².